The average molecular weight is 247 g/mol. The summed E-state index contributed by atoms with van der Waals surface area (Å²) in [4.78, 5) is 7.76. The minimum absolute atomic E-state index is 0.0372. The number of halogens is 1. The van der Waals surface area contributed by atoms with Gasteiger partial charge in [-0.3, -0.25) is 0 Å². The van der Waals surface area contributed by atoms with E-state index in [0.717, 1.165) is 11.8 Å². The lowest BCUT2D eigenvalue weighted by molar-refractivity contribution is 0.276. The SMILES string of the molecule is CCNc1ncc(F)c(OCc2ccccc2)n1. The third-order valence-electron chi connectivity index (χ3n) is 2.27. The molecule has 0 bridgehead atoms. The van der Waals surface area contributed by atoms with Crippen LogP contribution in [0.5, 0.6) is 5.88 Å². The Labute approximate surface area is 105 Å². The molecule has 0 amide bonds. The first-order chi connectivity index (χ1) is 8.79. The number of anilines is 1. The van der Waals surface area contributed by atoms with Gasteiger partial charge in [-0.25, -0.2) is 4.98 Å². The summed E-state index contributed by atoms with van der Waals surface area (Å²) in [6.45, 7) is 2.86. The summed E-state index contributed by atoms with van der Waals surface area (Å²) in [7, 11) is 0. The van der Waals surface area contributed by atoms with Crippen molar-refractivity contribution in [1.82, 2.24) is 9.97 Å². The van der Waals surface area contributed by atoms with Gasteiger partial charge in [0.2, 0.25) is 11.8 Å². The van der Waals surface area contributed by atoms with Crippen molar-refractivity contribution in [3.8, 4) is 5.88 Å². The first-order valence-corrected chi connectivity index (χ1v) is 5.72. The lowest BCUT2D eigenvalue weighted by atomic mass is 10.2. The van der Waals surface area contributed by atoms with Gasteiger partial charge in [-0.15, -0.1) is 0 Å². The quantitative estimate of drug-likeness (QED) is 0.882. The van der Waals surface area contributed by atoms with Crippen molar-refractivity contribution < 1.29 is 9.13 Å². The normalized spacial score (nSPS) is 10.1. The first-order valence-electron chi connectivity index (χ1n) is 5.72. The summed E-state index contributed by atoms with van der Waals surface area (Å²) in [5.74, 6) is -0.237. The lowest BCUT2D eigenvalue weighted by Crippen LogP contribution is -2.06. The maximum absolute atomic E-state index is 13.4. The predicted molar refractivity (Wildman–Crippen MR) is 66.9 cm³/mol. The van der Waals surface area contributed by atoms with E-state index >= 15 is 0 Å². The molecule has 18 heavy (non-hydrogen) atoms. The lowest BCUT2D eigenvalue weighted by Gasteiger charge is -2.07. The maximum Gasteiger partial charge on any atom is 0.255 e. The van der Waals surface area contributed by atoms with Gasteiger partial charge in [0, 0.05) is 6.54 Å². The van der Waals surface area contributed by atoms with Gasteiger partial charge in [-0.1, -0.05) is 30.3 Å². The van der Waals surface area contributed by atoms with E-state index < -0.39 is 5.82 Å². The van der Waals surface area contributed by atoms with Crippen molar-refractivity contribution in [2.45, 2.75) is 13.5 Å². The number of hydrogen-bond donors (Lipinski definition) is 1. The van der Waals surface area contributed by atoms with E-state index in [4.69, 9.17) is 4.74 Å². The molecule has 0 fully saturated rings. The second-order valence-electron chi connectivity index (χ2n) is 3.65. The summed E-state index contributed by atoms with van der Waals surface area (Å²) in [6, 6.07) is 9.53. The Kier molecular flexibility index (Phi) is 4.06. The Bertz CT molecular complexity index is 505. The largest absolute Gasteiger partial charge is 0.471 e. The van der Waals surface area contributed by atoms with Gasteiger partial charge in [-0.2, -0.15) is 9.37 Å². The van der Waals surface area contributed by atoms with Gasteiger partial charge in [0.25, 0.3) is 5.88 Å². The van der Waals surface area contributed by atoms with Gasteiger partial charge in [0.15, 0.2) is 0 Å². The highest BCUT2D eigenvalue weighted by Gasteiger charge is 2.07. The molecule has 2 aromatic rings. The molecular formula is C13H14FN3O. The van der Waals surface area contributed by atoms with E-state index in [9.17, 15) is 4.39 Å². The minimum Gasteiger partial charge on any atom is -0.471 e. The zero-order chi connectivity index (χ0) is 12.8. The Morgan fingerprint density at radius 1 is 1.28 bits per heavy atom. The highest BCUT2D eigenvalue weighted by atomic mass is 19.1. The van der Waals surface area contributed by atoms with Crippen molar-refractivity contribution >= 4 is 5.95 Å². The second-order valence-corrected chi connectivity index (χ2v) is 3.65. The smallest absolute Gasteiger partial charge is 0.255 e. The monoisotopic (exact) mass is 247 g/mol. The molecule has 2 rings (SSSR count). The molecule has 94 valence electrons. The van der Waals surface area contributed by atoms with E-state index in [1.807, 2.05) is 37.3 Å². The third kappa shape index (κ3) is 3.16. The summed E-state index contributed by atoms with van der Waals surface area (Å²) < 4.78 is 18.8. The highest BCUT2D eigenvalue weighted by Crippen LogP contribution is 2.16. The van der Waals surface area contributed by atoms with Crippen LogP contribution in [0, 0.1) is 5.82 Å². The molecule has 0 radical (unpaired) electrons. The standard InChI is InChI=1S/C13H14FN3O/c1-2-15-13-16-8-11(14)12(17-13)18-9-10-6-4-3-5-7-10/h3-8H,2,9H2,1H3,(H,15,16,17). The van der Waals surface area contributed by atoms with Crippen molar-refractivity contribution in [2.24, 2.45) is 0 Å². The second kappa shape index (κ2) is 5.95. The molecule has 1 N–H and O–H groups in total. The van der Waals surface area contributed by atoms with Crippen LogP contribution in [0.25, 0.3) is 0 Å². The van der Waals surface area contributed by atoms with Crippen LogP contribution in [0.15, 0.2) is 36.5 Å². The van der Waals surface area contributed by atoms with Gasteiger partial charge in [0.1, 0.15) is 6.61 Å². The molecule has 5 heteroatoms. The molecule has 0 saturated carbocycles. The molecule has 1 heterocycles. The van der Waals surface area contributed by atoms with Crippen LogP contribution in [0.3, 0.4) is 0 Å². The number of nitrogens with zero attached hydrogens (tertiary/aromatic N) is 2. The average Bonchev–Trinajstić information content (AvgIpc) is 2.41. The van der Waals surface area contributed by atoms with E-state index in [2.05, 4.69) is 15.3 Å². The van der Waals surface area contributed by atoms with E-state index in [0.29, 0.717) is 12.5 Å². The molecule has 0 aliphatic rings. The maximum atomic E-state index is 13.4. The fourth-order valence-corrected chi connectivity index (χ4v) is 1.42. The fourth-order valence-electron chi connectivity index (χ4n) is 1.42. The minimum atomic E-state index is -0.562. The Morgan fingerprint density at radius 2 is 2.06 bits per heavy atom. The van der Waals surface area contributed by atoms with Crippen molar-refractivity contribution in [3.05, 3.63) is 47.9 Å². The Morgan fingerprint density at radius 3 is 2.78 bits per heavy atom. The van der Waals surface area contributed by atoms with Crippen LogP contribution in [0.4, 0.5) is 10.3 Å². The van der Waals surface area contributed by atoms with E-state index in [-0.39, 0.29) is 12.5 Å². The number of nitrogens with one attached hydrogen (secondary N) is 1. The molecule has 0 aliphatic carbocycles. The van der Waals surface area contributed by atoms with Crippen molar-refractivity contribution in [1.29, 1.82) is 0 Å². The molecular weight excluding hydrogens is 233 g/mol. The summed E-state index contributed by atoms with van der Waals surface area (Å²) in [6.07, 6.45) is 1.10. The van der Waals surface area contributed by atoms with Gasteiger partial charge >= 0.3 is 0 Å². The zero-order valence-corrected chi connectivity index (χ0v) is 10.1. The molecule has 0 aliphatic heterocycles. The van der Waals surface area contributed by atoms with Crippen LogP contribution < -0.4 is 10.1 Å². The van der Waals surface area contributed by atoms with E-state index in [1.54, 1.807) is 0 Å². The Hall–Kier alpha value is -2.17. The number of hydrogen-bond acceptors (Lipinski definition) is 4. The van der Waals surface area contributed by atoms with Crippen molar-refractivity contribution in [2.75, 3.05) is 11.9 Å². The topological polar surface area (TPSA) is 47.0 Å². The molecule has 1 aromatic carbocycles. The molecule has 0 atom stereocenters. The fraction of sp³-hybridized carbons (Fsp3) is 0.231. The number of aromatic nitrogens is 2. The van der Waals surface area contributed by atoms with Crippen molar-refractivity contribution in [3.63, 3.8) is 0 Å². The molecule has 4 nitrogen and oxygen atoms in total. The third-order valence-corrected chi connectivity index (χ3v) is 2.27. The molecule has 1 aromatic heterocycles. The number of rotatable bonds is 5. The first kappa shape index (κ1) is 12.3. The highest BCUT2D eigenvalue weighted by molar-refractivity contribution is 5.28. The predicted octanol–water partition coefficient (Wildman–Crippen LogP) is 2.63. The molecule has 0 saturated heterocycles. The van der Waals surface area contributed by atoms with Gasteiger partial charge in [-0.05, 0) is 12.5 Å². The van der Waals surface area contributed by atoms with E-state index in [1.165, 1.54) is 0 Å². The van der Waals surface area contributed by atoms with Gasteiger partial charge < -0.3 is 10.1 Å². The zero-order valence-electron chi connectivity index (χ0n) is 10.1. The van der Waals surface area contributed by atoms with Crippen LogP contribution in [0.1, 0.15) is 12.5 Å². The van der Waals surface area contributed by atoms with Gasteiger partial charge in [0.05, 0.1) is 6.20 Å². The summed E-state index contributed by atoms with van der Waals surface area (Å²) in [5, 5.41) is 2.90. The summed E-state index contributed by atoms with van der Waals surface area (Å²) >= 11 is 0. The molecule has 0 unspecified atom stereocenters. The van der Waals surface area contributed by atoms with Crippen LogP contribution in [-0.2, 0) is 6.61 Å². The van der Waals surface area contributed by atoms with Crippen LogP contribution in [-0.4, -0.2) is 16.5 Å². The molecule has 0 spiro atoms. The number of ether oxygens (including phenoxy) is 1. The summed E-state index contributed by atoms with van der Waals surface area (Å²) in [5.41, 5.74) is 0.959. The van der Waals surface area contributed by atoms with Crippen LogP contribution >= 0.6 is 0 Å². The number of benzene rings is 1. The van der Waals surface area contributed by atoms with Crippen LogP contribution in [0.2, 0.25) is 0 Å². The Balaban J connectivity index is 2.06.